The maximum Gasteiger partial charge on any atom is 1.00 e. The monoisotopic (exact) mass is 176 g/mol. The SMILES string of the molecule is [CH2-]c1ccccc1.[Rb+]. The summed E-state index contributed by atoms with van der Waals surface area (Å²) in [6, 6.07) is 9.87. The molecule has 36 valence electrons. The fourth-order valence-corrected chi connectivity index (χ4v) is 0.478. The van der Waals surface area contributed by atoms with Crippen LogP contribution in [0.4, 0.5) is 0 Å². The molecule has 0 spiro atoms. The molecule has 0 aromatic heterocycles. The molecule has 8 heavy (non-hydrogen) atoms. The average molecular weight is 177 g/mol. The van der Waals surface area contributed by atoms with Gasteiger partial charge in [0, 0.05) is 0 Å². The van der Waals surface area contributed by atoms with Crippen LogP contribution in [0.15, 0.2) is 30.3 Å². The van der Waals surface area contributed by atoms with Gasteiger partial charge in [0.1, 0.15) is 0 Å². The first-order valence-corrected chi connectivity index (χ1v) is 2.26. The summed E-state index contributed by atoms with van der Waals surface area (Å²) in [4.78, 5) is 0. The van der Waals surface area contributed by atoms with Crippen LogP contribution in [0.1, 0.15) is 5.56 Å². The summed E-state index contributed by atoms with van der Waals surface area (Å²) in [7, 11) is 0. The Morgan fingerprint density at radius 2 is 1.50 bits per heavy atom. The van der Waals surface area contributed by atoms with E-state index in [9.17, 15) is 0 Å². The van der Waals surface area contributed by atoms with Gasteiger partial charge in [0.15, 0.2) is 0 Å². The first kappa shape index (κ1) is 8.90. The zero-order valence-electron chi connectivity index (χ0n) is 5.09. The van der Waals surface area contributed by atoms with E-state index in [4.69, 9.17) is 0 Å². The number of hydrogen-bond donors (Lipinski definition) is 0. The molecule has 1 aromatic rings. The van der Waals surface area contributed by atoms with E-state index in [-0.39, 0.29) is 58.2 Å². The largest absolute Gasteiger partial charge is 1.00 e. The van der Waals surface area contributed by atoms with Crippen molar-refractivity contribution in [2.24, 2.45) is 0 Å². The predicted octanol–water partition coefficient (Wildman–Crippen LogP) is -1.13. The molecule has 1 heteroatoms. The number of benzene rings is 1. The molecular weight excluding hydrogens is 170 g/mol. The quantitative estimate of drug-likeness (QED) is 0.439. The second-order valence-corrected chi connectivity index (χ2v) is 1.49. The standard InChI is InChI=1S/C7H7.Rb/c1-7-5-3-2-4-6-7;/h2-6H,1H2;/q-1;+1. The molecule has 0 unspecified atom stereocenters. The summed E-state index contributed by atoms with van der Waals surface area (Å²) in [5, 5.41) is 0. The van der Waals surface area contributed by atoms with Crippen LogP contribution in [0.5, 0.6) is 0 Å². The summed E-state index contributed by atoms with van der Waals surface area (Å²) in [5.41, 5.74) is 1.07. The summed E-state index contributed by atoms with van der Waals surface area (Å²) in [5.74, 6) is 0. The Balaban J connectivity index is 0.000000490. The fraction of sp³-hybridized carbons (Fsp3) is 0. The van der Waals surface area contributed by atoms with E-state index in [0.717, 1.165) is 5.56 Å². The second-order valence-electron chi connectivity index (χ2n) is 1.49. The van der Waals surface area contributed by atoms with E-state index in [2.05, 4.69) is 6.92 Å². The van der Waals surface area contributed by atoms with Gasteiger partial charge in [-0.2, -0.15) is 24.6 Å². The van der Waals surface area contributed by atoms with Gasteiger partial charge in [-0.15, -0.1) is 12.1 Å². The second kappa shape index (κ2) is 4.74. The fourth-order valence-electron chi connectivity index (χ4n) is 0.478. The van der Waals surface area contributed by atoms with Crippen molar-refractivity contribution < 1.29 is 58.2 Å². The maximum atomic E-state index is 3.72. The van der Waals surface area contributed by atoms with Crippen LogP contribution in [-0.2, 0) is 0 Å². The Labute approximate surface area is 99.1 Å². The minimum Gasteiger partial charge on any atom is -0.199 e. The van der Waals surface area contributed by atoms with Crippen molar-refractivity contribution >= 4 is 0 Å². The predicted molar refractivity (Wildman–Crippen MR) is 30.9 cm³/mol. The Morgan fingerprint density at radius 1 is 1.00 bits per heavy atom. The number of hydrogen-bond acceptors (Lipinski definition) is 0. The molecule has 0 aliphatic carbocycles. The summed E-state index contributed by atoms with van der Waals surface area (Å²) < 4.78 is 0. The third-order valence-corrected chi connectivity index (χ3v) is 0.843. The third kappa shape index (κ3) is 3.03. The minimum atomic E-state index is 0. The van der Waals surface area contributed by atoms with Crippen LogP contribution in [0.2, 0.25) is 0 Å². The molecule has 0 N–H and O–H groups in total. The Morgan fingerprint density at radius 3 is 1.75 bits per heavy atom. The van der Waals surface area contributed by atoms with E-state index in [1.165, 1.54) is 0 Å². The first-order chi connectivity index (χ1) is 3.39. The van der Waals surface area contributed by atoms with Crippen molar-refractivity contribution in [3.05, 3.63) is 42.8 Å². The van der Waals surface area contributed by atoms with E-state index < -0.39 is 0 Å². The van der Waals surface area contributed by atoms with Gasteiger partial charge >= 0.3 is 58.2 Å². The molecule has 0 saturated carbocycles. The topological polar surface area (TPSA) is 0 Å². The summed E-state index contributed by atoms with van der Waals surface area (Å²) in [6.07, 6.45) is 0. The molecule has 0 nitrogen and oxygen atoms in total. The van der Waals surface area contributed by atoms with Gasteiger partial charge in [-0.1, -0.05) is 6.07 Å². The molecule has 0 bridgehead atoms. The van der Waals surface area contributed by atoms with Gasteiger partial charge in [-0.3, -0.25) is 0 Å². The number of rotatable bonds is 0. The molecule has 0 atom stereocenters. The van der Waals surface area contributed by atoms with Gasteiger partial charge in [0.05, 0.1) is 0 Å². The summed E-state index contributed by atoms with van der Waals surface area (Å²) in [6.45, 7) is 3.72. The van der Waals surface area contributed by atoms with Crippen LogP contribution < -0.4 is 58.2 Å². The Bertz CT molecular complexity index is 134. The molecule has 0 fully saturated rings. The van der Waals surface area contributed by atoms with Crippen molar-refractivity contribution in [3.8, 4) is 0 Å². The molecular formula is C7H7Rb. The van der Waals surface area contributed by atoms with Crippen molar-refractivity contribution in [3.63, 3.8) is 0 Å². The van der Waals surface area contributed by atoms with E-state index in [1.54, 1.807) is 0 Å². The van der Waals surface area contributed by atoms with Crippen molar-refractivity contribution in [2.75, 3.05) is 0 Å². The van der Waals surface area contributed by atoms with Gasteiger partial charge in [0.25, 0.3) is 0 Å². The third-order valence-electron chi connectivity index (χ3n) is 0.843. The van der Waals surface area contributed by atoms with Crippen molar-refractivity contribution in [1.82, 2.24) is 0 Å². The van der Waals surface area contributed by atoms with Gasteiger partial charge in [-0.05, 0) is 0 Å². The average Bonchev–Trinajstić information content (AvgIpc) is 1.69. The molecule has 0 aliphatic heterocycles. The van der Waals surface area contributed by atoms with Crippen molar-refractivity contribution in [1.29, 1.82) is 0 Å². The molecule has 0 aliphatic rings. The van der Waals surface area contributed by atoms with Crippen LogP contribution in [0, 0.1) is 6.92 Å². The Kier molecular flexibility index (Phi) is 5.27. The van der Waals surface area contributed by atoms with Gasteiger partial charge < -0.3 is 0 Å². The molecule has 0 amide bonds. The van der Waals surface area contributed by atoms with Crippen LogP contribution in [-0.4, -0.2) is 0 Å². The van der Waals surface area contributed by atoms with Crippen molar-refractivity contribution in [2.45, 2.75) is 0 Å². The first-order valence-electron chi connectivity index (χ1n) is 2.26. The molecule has 1 aromatic carbocycles. The molecule has 0 heterocycles. The van der Waals surface area contributed by atoms with E-state index in [0.29, 0.717) is 0 Å². The zero-order valence-corrected chi connectivity index (χ0v) is 10.0. The van der Waals surface area contributed by atoms with Crippen LogP contribution in [0.25, 0.3) is 0 Å². The molecule has 1 rings (SSSR count). The van der Waals surface area contributed by atoms with Gasteiger partial charge in [-0.25, -0.2) is 0 Å². The maximum absolute atomic E-state index is 3.72. The Hall–Kier alpha value is 0.895. The van der Waals surface area contributed by atoms with Crippen LogP contribution >= 0.6 is 0 Å². The zero-order chi connectivity index (χ0) is 5.11. The van der Waals surface area contributed by atoms with Gasteiger partial charge in [0.2, 0.25) is 0 Å². The minimum absolute atomic E-state index is 0. The van der Waals surface area contributed by atoms with E-state index >= 15 is 0 Å². The molecule has 0 saturated heterocycles. The van der Waals surface area contributed by atoms with Crippen LogP contribution in [0.3, 0.4) is 0 Å². The summed E-state index contributed by atoms with van der Waals surface area (Å²) >= 11 is 0. The smallest absolute Gasteiger partial charge is 0.199 e. The molecule has 0 radical (unpaired) electrons. The van der Waals surface area contributed by atoms with E-state index in [1.807, 2.05) is 30.3 Å². The normalized spacial score (nSPS) is 7.50.